The predicted molar refractivity (Wildman–Crippen MR) is 144 cm³/mol. The molecule has 0 spiro atoms. The molecule has 0 fully saturated rings. The molecule has 194 valence electrons. The van der Waals surface area contributed by atoms with Crippen LogP contribution in [0, 0.1) is 0 Å². The molecule has 3 aliphatic heterocycles. The first-order valence-corrected chi connectivity index (χ1v) is 13.8. The Hall–Kier alpha value is -3.70. The summed E-state index contributed by atoms with van der Waals surface area (Å²) >= 11 is 4.60. The minimum absolute atomic E-state index is 0.0939. The average molecular weight is 596 g/mol. The van der Waals surface area contributed by atoms with Crippen molar-refractivity contribution >= 4 is 50.4 Å². The summed E-state index contributed by atoms with van der Waals surface area (Å²) in [6.45, 7) is 4.00. The number of nitrogens with zero attached hydrogens (tertiary/aromatic N) is 2. The van der Waals surface area contributed by atoms with E-state index in [2.05, 4.69) is 21.2 Å². The van der Waals surface area contributed by atoms with E-state index in [0.717, 1.165) is 22.2 Å². The Morgan fingerprint density at radius 2 is 2.00 bits per heavy atom. The number of fused-ring (bicyclic) bond motifs is 3. The maximum Gasteiger partial charge on any atom is 0.338 e. The fourth-order valence-electron chi connectivity index (χ4n) is 4.93. The van der Waals surface area contributed by atoms with Gasteiger partial charge in [0.2, 0.25) is 6.79 Å². The molecule has 1 atom stereocenters. The Morgan fingerprint density at radius 1 is 1.18 bits per heavy atom. The predicted octanol–water partition coefficient (Wildman–Crippen LogP) is 3.39. The monoisotopic (exact) mass is 595 g/mol. The van der Waals surface area contributed by atoms with Gasteiger partial charge in [0.05, 0.1) is 29.5 Å². The van der Waals surface area contributed by atoms with Gasteiger partial charge in [-0.25, -0.2) is 9.79 Å². The molecular weight excluding hydrogens is 574 g/mol. The molecule has 0 saturated carbocycles. The van der Waals surface area contributed by atoms with E-state index in [1.165, 1.54) is 4.57 Å². The normalized spacial score (nSPS) is 18.6. The van der Waals surface area contributed by atoms with Crippen LogP contribution in [-0.2, 0) is 14.3 Å². The summed E-state index contributed by atoms with van der Waals surface area (Å²) in [5, 5.41) is 2.84. The number of carbonyl (C=O) groups excluding carboxylic acids is 2. The van der Waals surface area contributed by atoms with E-state index in [1.807, 2.05) is 25.1 Å². The standard InChI is InChI=1S/C27H22BrN3O6S/c1-3-5-17-21(26(34)35-4-2)22(13-6-9-18-19(10-13)37-12-36-18)31-25(33)23(38-27(31)30-17)20-15-11-14(28)7-8-16(15)29-24(20)32/h6-11,22H,3-5,12H2,1-2H3,(H,29,32)/b23-20-/t22-/m1/s1. The minimum atomic E-state index is -0.817. The van der Waals surface area contributed by atoms with Crippen LogP contribution >= 0.6 is 27.3 Å². The summed E-state index contributed by atoms with van der Waals surface area (Å²) in [6.07, 6.45) is 1.25. The van der Waals surface area contributed by atoms with Gasteiger partial charge in [-0.2, -0.15) is 0 Å². The number of thiazole rings is 1. The summed E-state index contributed by atoms with van der Waals surface area (Å²) in [4.78, 5) is 45.7. The summed E-state index contributed by atoms with van der Waals surface area (Å²) in [5.41, 5.74) is 2.65. The molecule has 0 saturated heterocycles. The van der Waals surface area contributed by atoms with Crippen LogP contribution in [0.15, 0.2) is 61.9 Å². The van der Waals surface area contributed by atoms with Crippen molar-refractivity contribution in [2.24, 2.45) is 4.99 Å². The number of benzene rings is 2. The van der Waals surface area contributed by atoms with Crippen LogP contribution in [0.25, 0.3) is 5.57 Å². The van der Waals surface area contributed by atoms with E-state index >= 15 is 0 Å². The van der Waals surface area contributed by atoms with Gasteiger partial charge in [0.25, 0.3) is 11.5 Å². The van der Waals surface area contributed by atoms with Gasteiger partial charge in [0.1, 0.15) is 4.53 Å². The third kappa shape index (κ3) is 3.88. The molecule has 3 aliphatic rings. The molecule has 2 aromatic carbocycles. The molecule has 0 unspecified atom stereocenters. The first-order chi connectivity index (χ1) is 18.4. The smallest absolute Gasteiger partial charge is 0.338 e. The Kier molecular flexibility index (Phi) is 6.19. The second-order valence-corrected chi connectivity index (χ2v) is 10.8. The second-order valence-electron chi connectivity index (χ2n) is 8.87. The Morgan fingerprint density at radius 3 is 2.79 bits per heavy atom. The molecule has 1 amide bonds. The van der Waals surface area contributed by atoms with E-state index in [9.17, 15) is 14.4 Å². The first-order valence-electron chi connectivity index (χ1n) is 12.2. The van der Waals surface area contributed by atoms with Gasteiger partial charge in [0, 0.05) is 15.7 Å². The summed E-state index contributed by atoms with van der Waals surface area (Å²) in [7, 11) is 0. The topological polar surface area (TPSA) is 108 Å². The molecule has 1 aromatic heterocycles. The number of nitrogens with one attached hydrogen (secondary N) is 1. The lowest BCUT2D eigenvalue weighted by molar-refractivity contribution is -0.139. The number of rotatable bonds is 5. The lowest BCUT2D eigenvalue weighted by atomic mass is 9.94. The maximum absolute atomic E-state index is 14.1. The Balaban J connectivity index is 1.66. The number of esters is 1. The average Bonchev–Trinajstić information content (AvgIpc) is 3.58. The minimum Gasteiger partial charge on any atom is -0.463 e. The lowest BCUT2D eigenvalue weighted by Crippen LogP contribution is -2.40. The molecule has 11 heteroatoms. The third-order valence-corrected chi connectivity index (χ3v) is 8.08. The molecule has 3 aromatic rings. The lowest BCUT2D eigenvalue weighted by Gasteiger charge is -2.25. The zero-order valence-electron chi connectivity index (χ0n) is 20.5. The number of aromatic nitrogens is 1. The van der Waals surface area contributed by atoms with Crippen molar-refractivity contribution in [2.45, 2.75) is 32.7 Å². The molecule has 0 aliphatic carbocycles. The highest BCUT2D eigenvalue weighted by Crippen LogP contribution is 2.39. The van der Waals surface area contributed by atoms with Crippen molar-refractivity contribution in [3.05, 3.63) is 83.0 Å². The molecule has 0 bridgehead atoms. The number of hydrogen-bond acceptors (Lipinski definition) is 8. The SMILES string of the molecule is CCCC1=C(C(=O)OCC)[C@@H](c2ccc3c(c2)OCO3)n2c(s/c(=C3\C(=O)Nc4ccc(Br)cc43)c2=O)=N1. The molecule has 9 nitrogen and oxygen atoms in total. The highest BCUT2D eigenvalue weighted by Gasteiger charge is 2.36. The molecule has 6 rings (SSSR count). The highest BCUT2D eigenvalue weighted by atomic mass is 79.9. The van der Waals surface area contributed by atoms with E-state index in [-0.39, 0.29) is 29.4 Å². The van der Waals surface area contributed by atoms with E-state index < -0.39 is 17.6 Å². The van der Waals surface area contributed by atoms with Crippen LogP contribution in [0.2, 0.25) is 0 Å². The molecule has 38 heavy (non-hydrogen) atoms. The number of hydrogen-bond donors (Lipinski definition) is 1. The number of halogens is 1. The molecule has 1 N–H and O–H groups in total. The van der Waals surface area contributed by atoms with Gasteiger partial charge >= 0.3 is 5.97 Å². The molecule has 0 radical (unpaired) electrons. The summed E-state index contributed by atoms with van der Waals surface area (Å²) in [6, 6.07) is 9.94. The van der Waals surface area contributed by atoms with E-state index in [0.29, 0.717) is 50.8 Å². The van der Waals surface area contributed by atoms with E-state index in [4.69, 9.17) is 19.2 Å². The van der Waals surface area contributed by atoms with Crippen molar-refractivity contribution in [1.82, 2.24) is 4.57 Å². The van der Waals surface area contributed by atoms with Gasteiger partial charge < -0.3 is 19.5 Å². The van der Waals surface area contributed by atoms with Crippen molar-refractivity contribution in [2.75, 3.05) is 18.7 Å². The largest absolute Gasteiger partial charge is 0.463 e. The molecule has 4 heterocycles. The van der Waals surface area contributed by atoms with Crippen molar-refractivity contribution in [1.29, 1.82) is 0 Å². The van der Waals surface area contributed by atoms with Crippen molar-refractivity contribution in [3.8, 4) is 11.5 Å². The highest BCUT2D eigenvalue weighted by molar-refractivity contribution is 9.10. The fourth-order valence-corrected chi connectivity index (χ4v) is 6.41. The fraction of sp³-hybridized carbons (Fsp3) is 0.259. The second kappa shape index (κ2) is 9.55. The van der Waals surface area contributed by atoms with Crippen LogP contribution in [0.3, 0.4) is 0 Å². The quantitative estimate of drug-likeness (QED) is 0.453. The summed E-state index contributed by atoms with van der Waals surface area (Å²) in [5.74, 6) is 0.219. The third-order valence-electron chi connectivity index (χ3n) is 6.53. The number of anilines is 1. The molecular formula is C27H22BrN3O6S. The number of allylic oxidation sites excluding steroid dienone is 1. The van der Waals surface area contributed by atoms with Crippen LogP contribution < -0.4 is 29.7 Å². The van der Waals surface area contributed by atoms with Crippen LogP contribution in [0.1, 0.15) is 43.9 Å². The zero-order valence-corrected chi connectivity index (χ0v) is 22.9. The van der Waals surface area contributed by atoms with Gasteiger partial charge in [-0.1, -0.05) is 46.7 Å². The van der Waals surface area contributed by atoms with Crippen molar-refractivity contribution in [3.63, 3.8) is 0 Å². The number of amides is 1. The Labute approximate surface area is 229 Å². The van der Waals surface area contributed by atoms with Gasteiger partial charge in [-0.05, 0) is 49.2 Å². The number of ether oxygens (including phenoxy) is 3. The van der Waals surface area contributed by atoms with Gasteiger partial charge in [-0.15, -0.1) is 0 Å². The van der Waals surface area contributed by atoms with Crippen molar-refractivity contribution < 1.29 is 23.8 Å². The summed E-state index contributed by atoms with van der Waals surface area (Å²) < 4.78 is 19.0. The van der Waals surface area contributed by atoms with Gasteiger partial charge in [0.15, 0.2) is 16.3 Å². The number of carbonyl (C=O) groups is 2. The van der Waals surface area contributed by atoms with Crippen LogP contribution in [0.4, 0.5) is 5.69 Å². The van der Waals surface area contributed by atoms with Crippen LogP contribution in [-0.4, -0.2) is 29.8 Å². The van der Waals surface area contributed by atoms with Gasteiger partial charge in [-0.3, -0.25) is 14.2 Å². The Bertz CT molecular complexity index is 1740. The first kappa shape index (κ1) is 24.6. The maximum atomic E-state index is 14.1. The zero-order chi connectivity index (χ0) is 26.6. The van der Waals surface area contributed by atoms with E-state index in [1.54, 1.807) is 25.1 Å². The van der Waals surface area contributed by atoms with Crippen LogP contribution in [0.5, 0.6) is 11.5 Å².